The van der Waals surface area contributed by atoms with Crippen molar-refractivity contribution in [1.29, 1.82) is 0 Å². The number of hydrogen-bond donors (Lipinski definition) is 1. The van der Waals surface area contributed by atoms with Crippen LogP contribution in [0.2, 0.25) is 0 Å². The quantitative estimate of drug-likeness (QED) is 0.514. The molecule has 78 valence electrons. The summed E-state index contributed by atoms with van der Waals surface area (Å²) in [5, 5.41) is 0. The van der Waals surface area contributed by atoms with Crippen molar-refractivity contribution < 1.29 is 19.5 Å². The Morgan fingerprint density at radius 3 is 2.40 bits per heavy atom. The third-order valence-electron chi connectivity index (χ3n) is 2.03. The normalized spacial score (nSPS) is 9.20. The first kappa shape index (κ1) is 15.1. The maximum Gasteiger partial charge on any atom is 0.137 e. The second-order valence-corrected chi connectivity index (χ2v) is 4.24. The van der Waals surface area contributed by atoms with E-state index in [1.54, 1.807) is 0 Å². The third kappa shape index (κ3) is 5.10. The minimum Gasteiger partial charge on any atom is -0.328 e. The van der Waals surface area contributed by atoms with Gasteiger partial charge in [0.2, 0.25) is 0 Å². The fourth-order valence-electron chi connectivity index (χ4n) is 1.26. The zero-order chi connectivity index (χ0) is 10.4. The first-order chi connectivity index (χ1) is 6.75. The van der Waals surface area contributed by atoms with Crippen LogP contribution in [0, 0.1) is 0 Å². The van der Waals surface area contributed by atoms with Crippen molar-refractivity contribution in [3.63, 3.8) is 0 Å². The van der Waals surface area contributed by atoms with E-state index in [2.05, 4.69) is 36.6 Å². The summed E-state index contributed by atoms with van der Waals surface area (Å²) in [6.07, 6.45) is 2.30. The van der Waals surface area contributed by atoms with E-state index in [0.717, 1.165) is 18.7 Å². The van der Waals surface area contributed by atoms with Crippen molar-refractivity contribution in [2.45, 2.75) is 19.8 Å². The van der Waals surface area contributed by atoms with Crippen LogP contribution in [0.1, 0.15) is 19.8 Å². The molecule has 0 aromatic heterocycles. The van der Waals surface area contributed by atoms with Gasteiger partial charge in [0.05, 0.1) is 0 Å². The van der Waals surface area contributed by atoms with Gasteiger partial charge >= 0.3 is 0 Å². The fraction of sp³-hybridized carbons (Fsp3) is 0.364. The van der Waals surface area contributed by atoms with Crippen LogP contribution in [-0.4, -0.2) is 10.9 Å². The monoisotopic (exact) mass is 289 g/mol. The van der Waals surface area contributed by atoms with E-state index in [0.29, 0.717) is 4.32 Å². The molecule has 0 bridgehead atoms. The number of nitrogens with zero attached hydrogens (tertiary/aromatic N) is 1. The van der Waals surface area contributed by atoms with Gasteiger partial charge in [0.25, 0.3) is 0 Å². The Morgan fingerprint density at radius 1 is 1.33 bits per heavy atom. The Labute approximate surface area is 115 Å². The van der Waals surface area contributed by atoms with E-state index in [1.165, 1.54) is 6.42 Å². The average molecular weight is 291 g/mol. The molecule has 0 saturated heterocycles. The van der Waals surface area contributed by atoms with E-state index in [-0.39, 0.29) is 19.5 Å². The van der Waals surface area contributed by atoms with Gasteiger partial charge in [-0.2, -0.15) is 0 Å². The molecule has 1 aromatic carbocycles. The van der Waals surface area contributed by atoms with Crippen molar-refractivity contribution in [3.05, 3.63) is 30.3 Å². The largest absolute Gasteiger partial charge is 0.328 e. The number of para-hydroxylation sites is 1. The number of benzene rings is 1. The zero-order valence-electron chi connectivity index (χ0n) is 9.02. The molecule has 0 fully saturated rings. The summed E-state index contributed by atoms with van der Waals surface area (Å²) in [5.74, 6) is 0. The van der Waals surface area contributed by atoms with Crippen LogP contribution in [0.3, 0.4) is 0 Å². The van der Waals surface area contributed by atoms with Crippen molar-refractivity contribution >= 4 is 34.9 Å². The molecule has 0 atom stereocenters. The standard InChI is InChI=1S/C11H15NS2.Zn/c1-2-3-9-12(11(13)14)10-7-5-4-6-8-10;/h4-8H,2-3,9H2,1H3,(H,13,14);. The first-order valence-electron chi connectivity index (χ1n) is 4.81. The van der Waals surface area contributed by atoms with E-state index in [9.17, 15) is 0 Å². The van der Waals surface area contributed by atoms with Crippen LogP contribution >= 0.6 is 24.8 Å². The summed E-state index contributed by atoms with van der Waals surface area (Å²) < 4.78 is 0.643. The van der Waals surface area contributed by atoms with Gasteiger partial charge in [-0.3, -0.25) is 0 Å². The van der Waals surface area contributed by atoms with Gasteiger partial charge in [0.1, 0.15) is 4.32 Å². The molecule has 1 rings (SSSR count). The zero-order valence-corrected chi connectivity index (χ0v) is 13.7. The number of thiol groups is 1. The summed E-state index contributed by atoms with van der Waals surface area (Å²) >= 11 is 9.34. The van der Waals surface area contributed by atoms with Gasteiger partial charge in [-0.1, -0.05) is 43.8 Å². The molecule has 0 radical (unpaired) electrons. The Bertz CT molecular complexity index is 290. The maximum atomic E-state index is 5.10. The van der Waals surface area contributed by atoms with Crippen molar-refractivity contribution in [2.75, 3.05) is 11.4 Å². The molecule has 15 heavy (non-hydrogen) atoms. The van der Waals surface area contributed by atoms with Crippen LogP contribution in [0.25, 0.3) is 0 Å². The molecular weight excluding hydrogens is 276 g/mol. The minimum absolute atomic E-state index is 0. The molecule has 0 unspecified atom stereocenters. The van der Waals surface area contributed by atoms with E-state index in [4.69, 9.17) is 12.2 Å². The maximum absolute atomic E-state index is 5.10. The summed E-state index contributed by atoms with van der Waals surface area (Å²) in [7, 11) is 0. The van der Waals surface area contributed by atoms with Gasteiger partial charge in [0.15, 0.2) is 0 Å². The predicted octanol–water partition coefficient (Wildman–Crippen LogP) is 3.51. The van der Waals surface area contributed by atoms with Crippen molar-refractivity contribution in [3.8, 4) is 0 Å². The van der Waals surface area contributed by atoms with E-state index < -0.39 is 0 Å². The summed E-state index contributed by atoms with van der Waals surface area (Å²) in [6.45, 7) is 3.12. The summed E-state index contributed by atoms with van der Waals surface area (Å²) in [4.78, 5) is 2.06. The van der Waals surface area contributed by atoms with Gasteiger partial charge in [-0.05, 0) is 18.6 Å². The van der Waals surface area contributed by atoms with Crippen molar-refractivity contribution in [2.24, 2.45) is 0 Å². The Hall–Kier alpha value is 0.0834. The summed E-state index contributed by atoms with van der Waals surface area (Å²) in [5.41, 5.74) is 1.13. The molecule has 0 N–H and O–H groups in total. The smallest absolute Gasteiger partial charge is 0.137 e. The van der Waals surface area contributed by atoms with Crippen molar-refractivity contribution in [1.82, 2.24) is 0 Å². The molecule has 0 saturated carbocycles. The summed E-state index contributed by atoms with van der Waals surface area (Å²) in [6, 6.07) is 10.1. The molecule has 0 spiro atoms. The molecule has 1 aromatic rings. The molecule has 0 aliphatic carbocycles. The van der Waals surface area contributed by atoms with Crippen LogP contribution < -0.4 is 4.90 Å². The van der Waals surface area contributed by atoms with Crippen LogP contribution in [0.4, 0.5) is 5.69 Å². The van der Waals surface area contributed by atoms with Crippen LogP contribution in [0.15, 0.2) is 30.3 Å². The number of unbranched alkanes of at least 4 members (excludes halogenated alkanes) is 1. The fourth-order valence-corrected chi connectivity index (χ4v) is 1.67. The molecule has 0 aliphatic rings. The molecule has 0 aliphatic heterocycles. The SMILES string of the molecule is CCCCN(C(=S)S)c1ccccc1.[Zn]. The minimum atomic E-state index is 0. The van der Waals surface area contributed by atoms with Crippen LogP contribution in [0.5, 0.6) is 0 Å². The first-order valence-corrected chi connectivity index (χ1v) is 5.66. The molecule has 4 heteroatoms. The van der Waals surface area contributed by atoms with Gasteiger partial charge < -0.3 is 4.90 Å². The number of anilines is 1. The molecule has 0 amide bonds. The van der Waals surface area contributed by atoms with Gasteiger partial charge in [-0.25, -0.2) is 0 Å². The van der Waals surface area contributed by atoms with E-state index in [1.807, 2.05) is 18.2 Å². The Kier molecular flexibility index (Phi) is 8.31. The van der Waals surface area contributed by atoms with E-state index >= 15 is 0 Å². The number of rotatable bonds is 4. The second kappa shape index (κ2) is 8.26. The number of thiocarbonyl (C=S) groups is 1. The second-order valence-electron chi connectivity index (χ2n) is 3.12. The van der Waals surface area contributed by atoms with Gasteiger partial charge in [0, 0.05) is 31.7 Å². The molecular formula is C11H15NS2Zn. The van der Waals surface area contributed by atoms with Crippen LogP contribution in [-0.2, 0) is 19.5 Å². The topological polar surface area (TPSA) is 3.24 Å². The Balaban J connectivity index is 0.00000196. The molecule has 1 nitrogen and oxygen atoms in total. The predicted molar refractivity (Wildman–Crippen MR) is 70.3 cm³/mol. The molecule has 0 heterocycles. The van der Waals surface area contributed by atoms with Gasteiger partial charge in [-0.15, -0.1) is 12.6 Å². The Morgan fingerprint density at radius 2 is 1.93 bits per heavy atom. The average Bonchev–Trinajstić information content (AvgIpc) is 2.19. The third-order valence-corrected chi connectivity index (χ3v) is 2.50. The number of hydrogen-bond acceptors (Lipinski definition) is 1.